The summed E-state index contributed by atoms with van der Waals surface area (Å²) < 4.78 is 16.7. The van der Waals surface area contributed by atoms with E-state index in [1.165, 1.54) is 18.1 Å². The van der Waals surface area contributed by atoms with Crippen LogP contribution in [-0.2, 0) is 4.79 Å². The van der Waals surface area contributed by atoms with E-state index in [9.17, 15) is 19.8 Å². The minimum Gasteiger partial charge on any atom is -0.504 e. The van der Waals surface area contributed by atoms with Crippen LogP contribution in [0.5, 0.6) is 17.2 Å². The number of hydrogen-bond acceptors (Lipinski definition) is 8. The first-order chi connectivity index (χ1) is 17.3. The first kappa shape index (κ1) is 25.1. The van der Waals surface area contributed by atoms with Gasteiger partial charge in [0.2, 0.25) is 5.78 Å². The maximum Gasteiger partial charge on any atom is 0.290 e. The molecule has 2 aromatic carbocycles. The van der Waals surface area contributed by atoms with E-state index in [-0.39, 0.29) is 22.8 Å². The molecule has 9 heteroatoms. The topological polar surface area (TPSA) is 113 Å². The number of aromatic hydroxyl groups is 1. The van der Waals surface area contributed by atoms with Gasteiger partial charge >= 0.3 is 0 Å². The summed E-state index contributed by atoms with van der Waals surface area (Å²) in [5.74, 6) is -1.25. The summed E-state index contributed by atoms with van der Waals surface area (Å²) in [6.07, 6.45) is 0.627. The second-order valence-corrected chi connectivity index (χ2v) is 8.80. The normalized spacial score (nSPS) is 15.9. The lowest BCUT2D eigenvalue weighted by atomic mass is 9.94. The lowest BCUT2D eigenvalue weighted by Gasteiger charge is -2.27. The van der Waals surface area contributed by atoms with Crippen molar-refractivity contribution in [1.82, 2.24) is 9.80 Å². The molecule has 1 atom stereocenters. The van der Waals surface area contributed by atoms with Crippen molar-refractivity contribution < 1.29 is 33.7 Å². The summed E-state index contributed by atoms with van der Waals surface area (Å²) in [5.41, 5.74) is 0.835. The third-order valence-electron chi connectivity index (χ3n) is 6.10. The molecule has 0 aliphatic carbocycles. The number of methoxy groups -OCH3 is 1. The van der Waals surface area contributed by atoms with E-state index in [1.807, 2.05) is 19.0 Å². The van der Waals surface area contributed by atoms with E-state index in [0.29, 0.717) is 48.4 Å². The van der Waals surface area contributed by atoms with Gasteiger partial charge in [-0.3, -0.25) is 9.59 Å². The molecule has 3 aromatic rings. The predicted octanol–water partition coefficient (Wildman–Crippen LogP) is 4.08. The molecule has 1 aliphatic heterocycles. The molecular weight excluding hydrogens is 464 g/mol. The lowest BCUT2D eigenvalue weighted by Crippen LogP contribution is -2.33. The van der Waals surface area contributed by atoms with E-state index in [2.05, 4.69) is 0 Å². The second kappa shape index (κ2) is 10.3. The number of ether oxygens (including phenoxy) is 2. The van der Waals surface area contributed by atoms with Crippen LogP contribution in [0.3, 0.4) is 0 Å². The van der Waals surface area contributed by atoms with Gasteiger partial charge < -0.3 is 33.9 Å². The second-order valence-electron chi connectivity index (χ2n) is 8.80. The van der Waals surface area contributed by atoms with Gasteiger partial charge in [-0.25, -0.2) is 0 Å². The summed E-state index contributed by atoms with van der Waals surface area (Å²) in [7, 11) is 5.36. The van der Waals surface area contributed by atoms with E-state index in [4.69, 9.17) is 13.9 Å². The quantitative estimate of drug-likeness (QED) is 0.406. The highest BCUT2D eigenvalue weighted by molar-refractivity contribution is 6.16. The van der Waals surface area contributed by atoms with Crippen molar-refractivity contribution in [2.45, 2.75) is 19.4 Å². The molecule has 2 heterocycles. The zero-order valence-electron chi connectivity index (χ0n) is 20.8. The highest BCUT2D eigenvalue weighted by atomic mass is 16.5. The minimum atomic E-state index is -0.887. The number of phenolic OH excluding ortho intramolecular Hbond substituents is 1. The number of rotatable bonds is 10. The molecule has 0 radical (unpaired) electrons. The van der Waals surface area contributed by atoms with Gasteiger partial charge in [0, 0.05) is 11.9 Å². The standard InChI is InChI=1S/C27H30N2O7/c1-5-35-20-14-16(10-11-18(20)30)23-22(25(32)27(33)29(23)13-7-12-28(2)3)24(31)21-15-17-8-6-9-19(34-4)26(17)36-21/h6,8-11,14-15,23,30,32H,5,7,12-13H2,1-4H3/t23-/m1/s1. The van der Waals surface area contributed by atoms with Crippen molar-refractivity contribution in [2.75, 3.05) is 40.9 Å². The van der Waals surface area contributed by atoms with Gasteiger partial charge in [0.25, 0.3) is 5.91 Å². The summed E-state index contributed by atoms with van der Waals surface area (Å²) in [4.78, 5) is 30.4. The molecule has 9 nitrogen and oxygen atoms in total. The number of aliphatic hydroxyl groups excluding tert-OH is 1. The Morgan fingerprint density at radius 2 is 1.92 bits per heavy atom. The first-order valence-electron chi connectivity index (χ1n) is 11.7. The highest BCUT2D eigenvalue weighted by Crippen LogP contribution is 2.42. The average Bonchev–Trinajstić information content (AvgIpc) is 3.40. The molecule has 190 valence electrons. The molecule has 0 bridgehead atoms. The zero-order chi connectivity index (χ0) is 26.0. The fraction of sp³-hybridized carbons (Fsp3) is 0.333. The Kier molecular flexibility index (Phi) is 7.21. The van der Waals surface area contributed by atoms with Crippen molar-refractivity contribution in [2.24, 2.45) is 0 Å². The number of fused-ring (bicyclic) bond motifs is 1. The molecule has 0 fully saturated rings. The molecule has 0 unspecified atom stereocenters. The molecule has 1 aromatic heterocycles. The monoisotopic (exact) mass is 494 g/mol. The van der Waals surface area contributed by atoms with Gasteiger partial charge in [-0.1, -0.05) is 18.2 Å². The molecule has 4 rings (SSSR count). The SMILES string of the molecule is CCOc1cc([C@@H]2C(C(=O)c3cc4cccc(OC)c4o3)=C(O)C(=O)N2CCCN(C)C)ccc1O. The molecule has 1 aliphatic rings. The number of phenols is 1. The van der Waals surface area contributed by atoms with E-state index in [1.54, 1.807) is 43.3 Å². The van der Waals surface area contributed by atoms with Crippen LogP contribution in [0, 0.1) is 0 Å². The maximum atomic E-state index is 13.7. The van der Waals surface area contributed by atoms with Crippen molar-refractivity contribution >= 4 is 22.7 Å². The zero-order valence-corrected chi connectivity index (χ0v) is 20.8. The number of furan rings is 1. The van der Waals surface area contributed by atoms with Gasteiger partial charge in [0.05, 0.1) is 25.3 Å². The molecule has 0 spiro atoms. The molecule has 2 N–H and O–H groups in total. The van der Waals surface area contributed by atoms with Crippen LogP contribution in [0.4, 0.5) is 0 Å². The number of Topliss-reactive ketones (excluding diaryl/α,β-unsaturated/α-hetero) is 1. The first-order valence-corrected chi connectivity index (χ1v) is 11.7. The molecule has 36 heavy (non-hydrogen) atoms. The van der Waals surface area contributed by atoms with E-state index < -0.39 is 23.5 Å². The Hall–Kier alpha value is -3.98. The fourth-order valence-corrected chi connectivity index (χ4v) is 4.43. The van der Waals surface area contributed by atoms with E-state index >= 15 is 0 Å². The van der Waals surface area contributed by atoms with Crippen LogP contribution in [0.1, 0.15) is 35.5 Å². The number of nitrogens with zero attached hydrogens (tertiary/aromatic N) is 2. The molecule has 0 saturated carbocycles. The fourth-order valence-electron chi connectivity index (χ4n) is 4.43. The number of carbonyl (C=O) groups excluding carboxylic acids is 2. The van der Waals surface area contributed by atoms with Gasteiger partial charge in [-0.05, 0) is 63.8 Å². The Morgan fingerprint density at radius 3 is 2.61 bits per heavy atom. The number of benzene rings is 2. The number of amides is 1. The van der Waals surface area contributed by atoms with Gasteiger partial charge in [-0.15, -0.1) is 0 Å². The number of ketones is 1. The smallest absolute Gasteiger partial charge is 0.290 e. The van der Waals surface area contributed by atoms with Crippen LogP contribution in [0.25, 0.3) is 11.0 Å². The largest absolute Gasteiger partial charge is 0.504 e. The Balaban J connectivity index is 1.79. The van der Waals surface area contributed by atoms with Gasteiger partial charge in [0.15, 0.2) is 34.4 Å². The number of para-hydroxylation sites is 1. The molecular formula is C27H30N2O7. The summed E-state index contributed by atoms with van der Waals surface area (Å²) in [6, 6.07) is 10.6. The van der Waals surface area contributed by atoms with Crippen molar-refractivity contribution in [1.29, 1.82) is 0 Å². The number of carbonyl (C=O) groups is 2. The van der Waals surface area contributed by atoms with Gasteiger partial charge in [0.1, 0.15) is 0 Å². The Bertz CT molecular complexity index is 1320. The number of hydrogen-bond donors (Lipinski definition) is 2. The lowest BCUT2D eigenvalue weighted by molar-refractivity contribution is -0.129. The summed E-state index contributed by atoms with van der Waals surface area (Å²) in [6.45, 7) is 3.13. The highest BCUT2D eigenvalue weighted by Gasteiger charge is 2.44. The predicted molar refractivity (Wildman–Crippen MR) is 134 cm³/mol. The van der Waals surface area contributed by atoms with Crippen molar-refractivity contribution in [3.05, 3.63) is 65.1 Å². The number of aliphatic hydroxyl groups is 1. The summed E-state index contributed by atoms with van der Waals surface area (Å²) >= 11 is 0. The van der Waals surface area contributed by atoms with Crippen LogP contribution >= 0.6 is 0 Å². The molecule has 1 amide bonds. The average molecular weight is 495 g/mol. The third-order valence-corrected chi connectivity index (χ3v) is 6.10. The van der Waals surface area contributed by atoms with Crippen LogP contribution < -0.4 is 9.47 Å². The van der Waals surface area contributed by atoms with Crippen molar-refractivity contribution in [3.8, 4) is 17.2 Å². The minimum absolute atomic E-state index is 0.0206. The Morgan fingerprint density at radius 1 is 1.14 bits per heavy atom. The third kappa shape index (κ3) is 4.61. The van der Waals surface area contributed by atoms with Crippen LogP contribution in [0.2, 0.25) is 0 Å². The van der Waals surface area contributed by atoms with Crippen LogP contribution in [0.15, 0.2) is 58.2 Å². The summed E-state index contributed by atoms with van der Waals surface area (Å²) in [5, 5.41) is 21.8. The Labute approximate surface area is 209 Å². The van der Waals surface area contributed by atoms with E-state index in [0.717, 1.165) is 0 Å². The van der Waals surface area contributed by atoms with Gasteiger partial charge in [-0.2, -0.15) is 0 Å². The van der Waals surface area contributed by atoms with Crippen LogP contribution in [-0.4, -0.2) is 72.6 Å². The van der Waals surface area contributed by atoms with Crippen molar-refractivity contribution in [3.63, 3.8) is 0 Å². The maximum absolute atomic E-state index is 13.7. The molecule has 0 saturated heterocycles.